The lowest BCUT2D eigenvalue weighted by Crippen LogP contribution is -2.49. The lowest BCUT2D eigenvalue weighted by atomic mass is 9.86. The van der Waals surface area contributed by atoms with Crippen molar-refractivity contribution in [3.63, 3.8) is 0 Å². The van der Waals surface area contributed by atoms with Gasteiger partial charge >= 0.3 is 0 Å². The van der Waals surface area contributed by atoms with Gasteiger partial charge in [0.05, 0.1) is 11.6 Å². The smallest absolute Gasteiger partial charge is 0.294 e. The maximum atomic E-state index is 12.6. The number of phenolic OH excluding ortho intramolecular Hbond substituents is 2. The maximum Gasteiger partial charge on any atom is 0.294 e. The molecule has 6 rings (SSSR count). The topological polar surface area (TPSA) is 117 Å². The number of hydrogen-bond donors (Lipinski definition) is 3. The van der Waals surface area contributed by atoms with Gasteiger partial charge in [0.25, 0.3) is 10.1 Å². The number of halogens is 1. The first-order valence-electron chi connectivity index (χ1n) is 14.6. The number of aryl methyl sites for hydroxylation is 1. The maximum absolute atomic E-state index is 12.6. The summed E-state index contributed by atoms with van der Waals surface area (Å²) in [4.78, 5) is 2.13. The van der Waals surface area contributed by atoms with Crippen molar-refractivity contribution in [3.8, 4) is 23.0 Å². The summed E-state index contributed by atoms with van der Waals surface area (Å²) in [6.45, 7) is 6.56. The highest BCUT2D eigenvalue weighted by atomic mass is 32.2. The van der Waals surface area contributed by atoms with E-state index in [2.05, 4.69) is 4.90 Å². The molecule has 236 valence electrons. The number of nitrogens with zero attached hydrogens (tertiary/aromatic N) is 1. The Balaban J connectivity index is 0.000000309. The van der Waals surface area contributed by atoms with Gasteiger partial charge in [0.2, 0.25) is 0 Å². The second kappa shape index (κ2) is 13.7. The number of benzene rings is 4. The number of rotatable bonds is 8. The Hall–Kier alpha value is -4.38. The Labute approximate surface area is 262 Å². The van der Waals surface area contributed by atoms with Crippen LogP contribution in [0.4, 0.5) is 4.39 Å². The standard InChI is InChI=1S/C28H28FNO4.C7H8O3S/c1-18-25-14-23(32)7-10-26(25)34-28(27(18)21-3-2-4-22(31)13-21)20-5-8-24(9-6-20)33-12-11-30-16-19(15-29)17-30;1-6-2-4-7(5-3-6)11(8,9)10/h2-10,13-14,19,28,31-32H,11-12,15-17H2,1H3;2-5H,1H3,(H,8,9,10)/t28-;/m0./s1. The fraction of sp³-hybridized carbons (Fsp3) is 0.257. The van der Waals surface area contributed by atoms with E-state index < -0.39 is 10.1 Å². The molecule has 0 aromatic heterocycles. The molecule has 45 heavy (non-hydrogen) atoms. The van der Waals surface area contributed by atoms with Crippen LogP contribution in [0.15, 0.2) is 95.9 Å². The van der Waals surface area contributed by atoms with Gasteiger partial charge in [-0.1, -0.05) is 42.0 Å². The summed E-state index contributed by atoms with van der Waals surface area (Å²) >= 11 is 0. The predicted octanol–water partition coefficient (Wildman–Crippen LogP) is 6.68. The summed E-state index contributed by atoms with van der Waals surface area (Å²) in [5, 5.41) is 20.1. The van der Waals surface area contributed by atoms with Crippen LogP contribution in [0.25, 0.3) is 11.1 Å². The van der Waals surface area contributed by atoms with E-state index >= 15 is 0 Å². The molecule has 0 radical (unpaired) electrons. The van der Waals surface area contributed by atoms with Crippen molar-refractivity contribution in [2.45, 2.75) is 24.8 Å². The summed E-state index contributed by atoms with van der Waals surface area (Å²) in [7, 11) is -4.02. The second-order valence-electron chi connectivity index (χ2n) is 11.3. The molecule has 2 aliphatic heterocycles. The number of hydrogen-bond acceptors (Lipinski definition) is 7. The fourth-order valence-electron chi connectivity index (χ4n) is 5.42. The van der Waals surface area contributed by atoms with E-state index in [9.17, 15) is 23.0 Å². The minimum absolute atomic E-state index is 0.0666. The number of allylic oxidation sites excluding steroid dienone is 1. The molecule has 0 amide bonds. The molecule has 0 spiro atoms. The third-order valence-electron chi connectivity index (χ3n) is 7.86. The lowest BCUT2D eigenvalue weighted by molar-refractivity contribution is 0.0668. The van der Waals surface area contributed by atoms with Crippen LogP contribution in [0.3, 0.4) is 0 Å². The zero-order chi connectivity index (χ0) is 32.1. The van der Waals surface area contributed by atoms with Gasteiger partial charge in [-0.15, -0.1) is 0 Å². The highest BCUT2D eigenvalue weighted by Gasteiger charge is 2.30. The van der Waals surface area contributed by atoms with Gasteiger partial charge in [0.15, 0.2) is 0 Å². The van der Waals surface area contributed by atoms with Gasteiger partial charge in [-0.25, -0.2) is 0 Å². The molecule has 0 bridgehead atoms. The van der Waals surface area contributed by atoms with E-state index in [4.69, 9.17) is 14.0 Å². The van der Waals surface area contributed by atoms with Gasteiger partial charge in [-0.2, -0.15) is 8.42 Å². The van der Waals surface area contributed by atoms with Crippen LogP contribution in [0.5, 0.6) is 23.0 Å². The molecule has 2 aliphatic rings. The molecule has 4 aromatic carbocycles. The van der Waals surface area contributed by atoms with Crippen LogP contribution in [0, 0.1) is 12.8 Å². The summed E-state index contributed by atoms with van der Waals surface area (Å²) in [6.07, 6.45) is -0.383. The molecule has 0 saturated carbocycles. The largest absolute Gasteiger partial charge is 0.508 e. The summed E-state index contributed by atoms with van der Waals surface area (Å²) in [6, 6.07) is 26.1. The van der Waals surface area contributed by atoms with E-state index in [0.717, 1.165) is 58.8 Å². The Kier molecular flexibility index (Phi) is 9.77. The minimum Gasteiger partial charge on any atom is -0.508 e. The average molecular weight is 634 g/mol. The Bertz CT molecular complexity index is 1770. The molecule has 0 aliphatic carbocycles. The molecule has 10 heteroatoms. The van der Waals surface area contributed by atoms with Crippen molar-refractivity contribution in [2.75, 3.05) is 32.9 Å². The van der Waals surface area contributed by atoms with Crippen molar-refractivity contribution < 1.29 is 37.0 Å². The molecule has 0 unspecified atom stereocenters. The number of fused-ring (bicyclic) bond motifs is 1. The van der Waals surface area contributed by atoms with Crippen molar-refractivity contribution in [1.82, 2.24) is 4.90 Å². The zero-order valence-corrected chi connectivity index (χ0v) is 25.9. The van der Waals surface area contributed by atoms with E-state index in [1.807, 2.05) is 50.2 Å². The lowest BCUT2D eigenvalue weighted by Gasteiger charge is -2.37. The van der Waals surface area contributed by atoms with Crippen molar-refractivity contribution >= 4 is 21.3 Å². The molecule has 2 heterocycles. The Morgan fingerprint density at radius 3 is 2.24 bits per heavy atom. The van der Waals surface area contributed by atoms with Gasteiger partial charge in [0, 0.05) is 36.7 Å². The van der Waals surface area contributed by atoms with Crippen LogP contribution in [0.2, 0.25) is 0 Å². The summed E-state index contributed by atoms with van der Waals surface area (Å²) in [5.74, 6) is 2.01. The first-order valence-corrected chi connectivity index (χ1v) is 16.0. The molecular weight excluding hydrogens is 597 g/mol. The molecule has 1 atom stereocenters. The Morgan fingerprint density at radius 2 is 1.60 bits per heavy atom. The number of aromatic hydroxyl groups is 2. The van der Waals surface area contributed by atoms with Crippen molar-refractivity contribution in [2.24, 2.45) is 5.92 Å². The normalized spacial score (nSPS) is 16.6. The van der Waals surface area contributed by atoms with Crippen LogP contribution in [-0.4, -0.2) is 61.0 Å². The van der Waals surface area contributed by atoms with Crippen LogP contribution in [-0.2, 0) is 10.1 Å². The number of likely N-dealkylation sites (tertiary alicyclic amines) is 1. The molecule has 1 saturated heterocycles. The third kappa shape index (κ3) is 7.83. The van der Waals surface area contributed by atoms with Crippen molar-refractivity contribution in [3.05, 3.63) is 113 Å². The number of alkyl halides is 1. The van der Waals surface area contributed by atoms with E-state index in [0.29, 0.717) is 12.4 Å². The predicted molar refractivity (Wildman–Crippen MR) is 171 cm³/mol. The fourth-order valence-corrected chi connectivity index (χ4v) is 5.90. The van der Waals surface area contributed by atoms with Crippen LogP contribution in [0.1, 0.15) is 35.3 Å². The van der Waals surface area contributed by atoms with E-state index in [1.165, 1.54) is 12.1 Å². The average Bonchev–Trinajstić information content (AvgIpc) is 2.99. The Morgan fingerprint density at radius 1 is 0.911 bits per heavy atom. The minimum atomic E-state index is -4.02. The second-order valence-corrected chi connectivity index (χ2v) is 12.7. The quantitative estimate of drug-likeness (QED) is 0.184. The van der Waals surface area contributed by atoms with Crippen LogP contribution >= 0.6 is 0 Å². The van der Waals surface area contributed by atoms with E-state index in [1.54, 1.807) is 42.5 Å². The summed E-state index contributed by atoms with van der Waals surface area (Å²) < 4.78 is 54.4. The molecule has 4 aromatic rings. The number of phenols is 2. The highest BCUT2D eigenvalue weighted by Crippen LogP contribution is 2.47. The first kappa shape index (κ1) is 32.0. The summed E-state index contributed by atoms with van der Waals surface area (Å²) in [5.41, 5.74) is 5.51. The molecule has 3 N–H and O–H groups in total. The SMILES string of the molecule is CC1=C(c2cccc(O)c2)[C@H](c2ccc(OCCN3CC(CF)C3)cc2)Oc2ccc(O)cc21.Cc1ccc(S(=O)(=O)O)cc1. The van der Waals surface area contributed by atoms with Gasteiger partial charge in [-0.3, -0.25) is 13.8 Å². The molecule has 8 nitrogen and oxygen atoms in total. The first-order chi connectivity index (χ1) is 21.5. The van der Waals surface area contributed by atoms with Crippen LogP contribution < -0.4 is 9.47 Å². The highest BCUT2D eigenvalue weighted by molar-refractivity contribution is 7.85. The third-order valence-corrected chi connectivity index (χ3v) is 8.73. The molecule has 1 fully saturated rings. The monoisotopic (exact) mass is 633 g/mol. The molecular formula is C35H36FNO7S. The number of ether oxygens (including phenoxy) is 2. The zero-order valence-electron chi connectivity index (χ0n) is 25.1. The van der Waals surface area contributed by atoms with Gasteiger partial charge in [-0.05, 0) is 85.1 Å². The van der Waals surface area contributed by atoms with Gasteiger partial charge < -0.3 is 19.7 Å². The van der Waals surface area contributed by atoms with Gasteiger partial charge in [0.1, 0.15) is 35.7 Å². The van der Waals surface area contributed by atoms with Crippen molar-refractivity contribution in [1.29, 1.82) is 0 Å². The van der Waals surface area contributed by atoms with E-state index in [-0.39, 0.29) is 35.1 Å².